The fourth-order valence-electron chi connectivity index (χ4n) is 1.86. The zero-order valence-corrected chi connectivity index (χ0v) is 13.6. The highest BCUT2D eigenvalue weighted by molar-refractivity contribution is 7.92. The number of benzene rings is 1. The second-order valence-electron chi connectivity index (χ2n) is 4.97. The van der Waals surface area contributed by atoms with Crippen molar-refractivity contribution >= 4 is 21.5 Å². The molecule has 0 fully saturated rings. The predicted molar refractivity (Wildman–Crippen MR) is 83.1 cm³/mol. The molecule has 0 bridgehead atoms. The van der Waals surface area contributed by atoms with Gasteiger partial charge >= 0.3 is 0 Å². The first-order valence-electron chi connectivity index (χ1n) is 6.65. The van der Waals surface area contributed by atoms with Crippen LogP contribution in [0.1, 0.15) is 19.9 Å². The van der Waals surface area contributed by atoms with E-state index in [1.54, 1.807) is 10.9 Å². The van der Waals surface area contributed by atoms with Gasteiger partial charge in [0.05, 0.1) is 18.1 Å². The van der Waals surface area contributed by atoms with Crippen molar-refractivity contribution in [3.05, 3.63) is 40.6 Å². The summed E-state index contributed by atoms with van der Waals surface area (Å²) in [7, 11) is -2.74. The van der Waals surface area contributed by atoms with E-state index >= 15 is 0 Å². The van der Waals surface area contributed by atoms with Crippen LogP contribution in [0.4, 0.5) is 11.5 Å². The summed E-state index contributed by atoms with van der Waals surface area (Å²) in [6.45, 7) is 3.81. The molecule has 1 aromatic carbocycles. The van der Waals surface area contributed by atoms with Gasteiger partial charge in [0.25, 0.3) is 15.7 Å². The van der Waals surface area contributed by atoms with Crippen LogP contribution in [-0.2, 0) is 10.0 Å². The molecule has 0 radical (unpaired) electrons. The van der Waals surface area contributed by atoms with E-state index in [0.717, 1.165) is 18.2 Å². The van der Waals surface area contributed by atoms with Crippen molar-refractivity contribution in [3.8, 4) is 5.75 Å². The monoisotopic (exact) mass is 340 g/mol. The number of aromatic nitrogens is 2. The summed E-state index contributed by atoms with van der Waals surface area (Å²) < 4.78 is 33.7. The van der Waals surface area contributed by atoms with Crippen molar-refractivity contribution in [2.45, 2.75) is 24.8 Å². The number of rotatable bonds is 6. The van der Waals surface area contributed by atoms with Gasteiger partial charge in [-0.05, 0) is 19.9 Å². The average molecular weight is 340 g/mol. The van der Waals surface area contributed by atoms with Gasteiger partial charge in [0.1, 0.15) is 10.6 Å². The molecule has 23 heavy (non-hydrogen) atoms. The maximum absolute atomic E-state index is 12.4. The van der Waals surface area contributed by atoms with E-state index < -0.39 is 14.9 Å². The topological polar surface area (TPSA) is 116 Å². The minimum absolute atomic E-state index is 0.0853. The van der Waals surface area contributed by atoms with Gasteiger partial charge in [-0.2, -0.15) is 5.10 Å². The van der Waals surface area contributed by atoms with Gasteiger partial charge in [0.15, 0.2) is 5.82 Å². The third-order valence-electron chi connectivity index (χ3n) is 3.02. The Morgan fingerprint density at radius 3 is 2.57 bits per heavy atom. The normalized spacial score (nSPS) is 11.5. The first kappa shape index (κ1) is 16.7. The number of ether oxygens (including phenoxy) is 1. The van der Waals surface area contributed by atoms with Crippen LogP contribution in [0, 0.1) is 10.1 Å². The lowest BCUT2D eigenvalue weighted by atomic mass is 10.3. The maximum Gasteiger partial charge on any atom is 0.273 e. The third kappa shape index (κ3) is 3.59. The Balaban J connectivity index is 2.36. The number of non-ortho nitro benzene ring substituents is 1. The molecule has 1 N–H and O–H groups in total. The Labute approximate surface area is 133 Å². The molecule has 1 heterocycles. The average Bonchev–Trinajstić information content (AvgIpc) is 2.94. The van der Waals surface area contributed by atoms with Crippen LogP contribution in [0.15, 0.2) is 35.4 Å². The Bertz CT molecular complexity index is 829. The second-order valence-corrected chi connectivity index (χ2v) is 6.62. The maximum atomic E-state index is 12.4. The van der Waals surface area contributed by atoms with Crippen molar-refractivity contribution in [2.24, 2.45) is 0 Å². The number of sulfonamides is 1. The predicted octanol–water partition coefficient (Wildman–Crippen LogP) is 2.18. The van der Waals surface area contributed by atoms with Crippen LogP contribution in [0.25, 0.3) is 0 Å². The van der Waals surface area contributed by atoms with E-state index in [2.05, 4.69) is 9.82 Å². The molecule has 0 amide bonds. The number of anilines is 1. The SMILES string of the molecule is COc1cc([N+](=O)[O-])ccc1S(=O)(=O)Nc1ccn(C(C)C)n1. The first-order chi connectivity index (χ1) is 10.7. The van der Waals surface area contributed by atoms with E-state index in [4.69, 9.17) is 4.74 Å². The van der Waals surface area contributed by atoms with Crippen LogP contribution in [0.5, 0.6) is 5.75 Å². The van der Waals surface area contributed by atoms with E-state index in [-0.39, 0.29) is 28.2 Å². The van der Waals surface area contributed by atoms with Crippen LogP contribution >= 0.6 is 0 Å². The van der Waals surface area contributed by atoms with Crippen molar-refractivity contribution in [1.29, 1.82) is 0 Å². The van der Waals surface area contributed by atoms with Gasteiger partial charge in [-0.15, -0.1) is 0 Å². The molecule has 0 aliphatic heterocycles. The highest BCUT2D eigenvalue weighted by Gasteiger charge is 2.23. The minimum atomic E-state index is -3.98. The van der Waals surface area contributed by atoms with Crippen molar-refractivity contribution in [1.82, 2.24) is 9.78 Å². The van der Waals surface area contributed by atoms with E-state index in [1.165, 1.54) is 13.2 Å². The summed E-state index contributed by atoms with van der Waals surface area (Å²) >= 11 is 0. The molecule has 0 unspecified atom stereocenters. The Kier molecular flexibility index (Phi) is 4.55. The zero-order chi connectivity index (χ0) is 17.2. The van der Waals surface area contributed by atoms with Crippen LogP contribution in [0.3, 0.4) is 0 Å². The first-order valence-corrected chi connectivity index (χ1v) is 8.13. The number of methoxy groups -OCH3 is 1. The quantitative estimate of drug-likeness (QED) is 0.636. The molecule has 0 aliphatic carbocycles. The molecule has 0 aliphatic rings. The van der Waals surface area contributed by atoms with Crippen molar-refractivity contribution in [3.63, 3.8) is 0 Å². The van der Waals surface area contributed by atoms with Crippen molar-refractivity contribution in [2.75, 3.05) is 11.8 Å². The highest BCUT2D eigenvalue weighted by Crippen LogP contribution is 2.29. The zero-order valence-electron chi connectivity index (χ0n) is 12.8. The summed E-state index contributed by atoms with van der Waals surface area (Å²) in [6.07, 6.45) is 1.65. The highest BCUT2D eigenvalue weighted by atomic mass is 32.2. The number of hydrogen-bond acceptors (Lipinski definition) is 6. The lowest BCUT2D eigenvalue weighted by Crippen LogP contribution is -2.15. The smallest absolute Gasteiger partial charge is 0.273 e. The van der Waals surface area contributed by atoms with Crippen LogP contribution < -0.4 is 9.46 Å². The van der Waals surface area contributed by atoms with E-state index in [0.29, 0.717) is 0 Å². The minimum Gasteiger partial charge on any atom is -0.495 e. The molecule has 10 heteroatoms. The molecule has 0 saturated heterocycles. The number of nitro groups is 1. The molecule has 0 spiro atoms. The van der Waals surface area contributed by atoms with Gasteiger partial charge in [0.2, 0.25) is 0 Å². The fraction of sp³-hybridized carbons (Fsp3) is 0.308. The molecule has 1 aromatic heterocycles. The molecule has 2 rings (SSSR count). The Hall–Kier alpha value is -2.62. The molecule has 0 saturated carbocycles. The summed E-state index contributed by atoms with van der Waals surface area (Å²) in [6, 6.07) is 4.89. The molecule has 9 nitrogen and oxygen atoms in total. The molecular formula is C13H16N4O5S. The third-order valence-corrected chi connectivity index (χ3v) is 4.42. The summed E-state index contributed by atoms with van der Waals surface area (Å²) in [5.74, 6) is 0.0362. The van der Waals surface area contributed by atoms with Crippen LogP contribution in [0.2, 0.25) is 0 Å². The lowest BCUT2D eigenvalue weighted by molar-refractivity contribution is -0.385. The molecule has 2 aromatic rings. The largest absolute Gasteiger partial charge is 0.495 e. The van der Waals surface area contributed by atoms with E-state index in [9.17, 15) is 18.5 Å². The second kappa shape index (κ2) is 6.24. The Morgan fingerprint density at radius 1 is 1.35 bits per heavy atom. The number of nitrogens with one attached hydrogen (secondary N) is 1. The fourth-order valence-corrected chi connectivity index (χ4v) is 3.01. The lowest BCUT2D eigenvalue weighted by Gasteiger charge is -2.10. The number of hydrogen-bond donors (Lipinski definition) is 1. The molecule has 0 atom stereocenters. The summed E-state index contributed by atoms with van der Waals surface area (Å²) in [4.78, 5) is 9.93. The molecular weight excluding hydrogens is 324 g/mol. The van der Waals surface area contributed by atoms with Gasteiger partial charge in [-0.3, -0.25) is 19.5 Å². The van der Waals surface area contributed by atoms with E-state index in [1.807, 2.05) is 13.8 Å². The van der Waals surface area contributed by atoms with Gasteiger partial charge < -0.3 is 4.74 Å². The van der Waals surface area contributed by atoms with Gasteiger partial charge in [-0.1, -0.05) is 0 Å². The van der Waals surface area contributed by atoms with Crippen molar-refractivity contribution < 1.29 is 18.1 Å². The number of nitro benzene ring substituents is 1. The molecule has 124 valence electrons. The van der Waals surface area contributed by atoms with Crippen LogP contribution in [-0.4, -0.2) is 30.2 Å². The summed E-state index contributed by atoms with van der Waals surface area (Å²) in [5, 5.41) is 14.9. The van der Waals surface area contributed by atoms with Gasteiger partial charge in [-0.25, -0.2) is 8.42 Å². The Morgan fingerprint density at radius 2 is 2.04 bits per heavy atom. The standard InChI is InChI=1S/C13H16N4O5S/c1-9(2)16-7-6-13(14-16)15-23(20,21)12-5-4-10(17(18)19)8-11(12)22-3/h4-9H,1-3H3,(H,14,15). The summed E-state index contributed by atoms with van der Waals surface area (Å²) in [5.41, 5.74) is -0.259. The van der Waals surface area contributed by atoms with Gasteiger partial charge in [0, 0.05) is 24.4 Å². The number of nitrogens with zero attached hydrogens (tertiary/aromatic N) is 3.